The van der Waals surface area contributed by atoms with E-state index in [0.717, 1.165) is 40.8 Å². The van der Waals surface area contributed by atoms with E-state index in [1.807, 2.05) is 12.1 Å². The molecule has 2 aromatic rings. The molecule has 0 amide bonds. The Labute approximate surface area is 126 Å². The van der Waals surface area contributed by atoms with Gasteiger partial charge in [0.25, 0.3) is 0 Å². The number of hydrogen-bond acceptors (Lipinski definition) is 2. The summed E-state index contributed by atoms with van der Waals surface area (Å²) in [6.45, 7) is 2.95. The van der Waals surface area contributed by atoms with Gasteiger partial charge >= 0.3 is 0 Å². The van der Waals surface area contributed by atoms with Gasteiger partial charge in [0, 0.05) is 23.4 Å². The predicted octanol–water partition coefficient (Wildman–Crippen LogP) is 3.93. The van der Waals surface area contributed by atoms with Gasteiger partial charge < -0.3 is 9.30 Å². The number of halogens is 2. The summed E-state index contributed by atoms with van der Waals surface area (Å²) >= 11 is 9.46. The van der Waals surface area contributed by atoms with E-state index < -0.39 is 0 Å². The molecule has 1 aromatic heterocycles. The van der Waals surface area contributed by atoms with E-state index in [2.05, 4.69) is 33.5 Å². The molecule has 0 radical (unpaired) electrons. The standard InChI is InChI=1S/C14H16BrClN2O/c1-9-12(5-7-19-9)18-13-8-10(15)2-3-11(13)17-14(18)4-6-16/h2-3,8-9,12H,4-7H2,1H3. The number of benzene rings is 1. The van der Waals surface area contributed by atoms with Crippen LogP contribution in [0.4, 0.5) is 0 Å². The third kappa shape index (κ3) is 2.41. The second-order valence-electron chi connectivity index (χ2n) is 4.90. The highest BCUT2D eigenvalue weighted by Crippen LogP contribution is 2.32. The number of ether oxygens (including phenoxy) is 1. The van der Waals surface area contributed by atoms with Crippen molar-refractivity contribution in [1.82, 2.24) is 9.55 Å². The zero-order chi connectivity index (χ0) is 13.4. The van der Waals surface area contributed by atoms with Gasteiger partial charge in [-0.15, -0.1) is 11.6 Å². The van der Waals surface area contributed by atoms with E-state index in [9.17, 15) is 0 Å². The van der Waals surface area contributed by atoms with Gasteiger partial charge in [-0.1, -0.05) is 15.9 Å². The zero-order valence-electron chi connectivity index (χ0n) is 10.8. The second-order valence-corrected chi connectivity index (χ2v) is 6.20. The summed E-state index contributed by atoms with van der Waals surface area (Å²) in [6, 6.07) is 6.57. The number of hydrogen-bond donors (Lipinski definition) is 0. The third-order valence-electron chi connectivity index (χ3n) is 3.71. The molecule has 2 unspecified atom stereocenters. The molecule has 1 fully saturated rings. The SMILES string of the molecule is CC1OCCC1n1c(CCCl)nc2ccc(Br)cc21. The first kappa shape index (κ1) is 13.4. The van der Waals surface area contributed by atoms with E-state index in [-0.39, 0.29) is 6.10 Å². The first-order chi connectivity index (χ1) is 9.20. The van der Waals surface area contributed by atoms with E-state index in [0.29, 0.717) is 11.9 Å². The Hall–Kier alpha value is -0.580. The van der Waals surface area contributed by atoms with Gasteiger partial charge in [0.1, 0.15) is 5.82 Å². The molecule has 3 nitrogen and oxygen atoms in total. The fourth-order valence-electron chi connectivity index (χ4n) is 2.81. The van der Waals surface area contributed by atoms with Crippen LogP contribution in [0.2, 0.25) is 0 Å². The van der Waals surface area contributed by atoms with Crippen molar-refractivity contribution in [2.45, 2.75) is 31.9 Å². The molecule has 1 saturated heterocycles. The van der Waals surface area contributed by atoms with Crippen LogP contribution in [-0.4, -0.2) is 28.1 Å². The lowest BCUT2D eigenvalue weighted by molar-refractivity contribution is 0.108. The van der Waals surface area contributed by atoms with Crippen LogP contribution in [0.3, 0.4) is 0 Å². The number of aryl methyl sites for hydroxylation is 1. The van der Waals surface area contributed by atoms with Crippen LogP contribution in [0.5, 0.6) is 0 Å². The van der Waals surface area contributed by atoms with Crippen LogP contribution in [0, 0.1) is 0 Å². The maximum absolute atomic E-state index is 5.92. The zero-order valence-corrected chi connectivity index (χ0v) is 13.1. The lowest BCUT2D eigenvalue weighted by Crippen LogP contribution is -2.19. The average molecular weight is 344 g/mol. The molecule has 2 heterocycles. The summed E-state index contributed by atoms with van der Waals surface area (Å²) in [5, 5.41) is 0. The van der Waals surface area contributed by atoms with Crippen molar-refractivity contribution in [2.24, 2.45) is 0 Å². The van der Waals surface area contributed by atoms with Gasteiger partial charge in [0.05, 0.1) is 23.2 Å². The molecule has 102 valence electrons. The summed E-state index contributed by atoms with van der Waals surface area (Å²) in [7, 11) is 0. The summed E-state index contributed by atoms with van der Waals surface area (Å²) in [5.74, 6) is 1.65. The Morgan fingerprint density at radius 3 is 3.05 bits per heavy atom. The first-order valence-corrected chi connectivity index (χ1v) is 7.87. The van der Waals surface area contributed by atoms with E-state index >= 15 is 0 Å². The average Bonchev–Trinajstić information content (AvgIpc) is 2.93. The van der Waals surface area contributed by atoms with Crippen molar-refractivity contribution in [3.63, 3.8) is 0 Å². The molecule has 1 aliphatic rings. The predicted molar refractivity (Wildman–Crippen MR) is 80.9 cm³/mol. The Balaban J connectivity index is 2.17. The van der Waals surface area contributed by atoms with Gasteiger partial charge in [-0.05, 0) is 31.5 Å². The maximum atomic E-state index is 5.92. The third-order valence-corrected chi connectivity index (χ3v) is 4.39. The van der Waals surface area contributed by atoms with E-state index in [1.165, 1.54) is 0 Å². The lowest BCUT2D eigenvalue weighted by atomic mass is 10.1. The normalized spacial score (nSPS) is 23.3. The minimum atomic E-state index is 0.227. The molecule has 1 aromatic carbocycles. The Morgan fingerprint density at radius 2 is 2.37 bits per heavy atom. The van der Waals surface area contributed by atoms with Crippen molar-refractivity contribution < 1.29 is 4.74 Å². The molecular weight excluding hydrogens is 328 g/mol. The van der Waals surface area contributed by atoms with Crippen molar-refractivity contribution in [3.8, 4) is 0 Å². The molecule has 1 aliphatic heterocycles. The molecule has 3 rings (SSSR count). The minimum Gasteiger partial charge on any atom is -0.376 e. The Bertz CT molecular complexity index is 598. The number of alkyl halides is 1. The fourth-order valence-corrected chi connectivity index (χ4v) is 3.32. The van der Waals surface area contributed by atoms with Crippen LogP contribution < -0.4 is 0 Å². The summed E-state index contributed by atoms with van der Waals surface area (Å²) in [5.41, 5.74) is 2.19. The Morgan fingerprint density at radius 1 is 1.53 bits per heavy atom. The smallest absolute Gasteiger partial charge is 0.111 e. The first-order valence-electron chi connectivity index (χ1n) is 6.54. The van der Waals surface area contributed by atoms with Gasteiger partial charge in [0.15, 0.2) is 0 Å². The van der Waals surface area contributed by atoms with Crippen LogP contribution in [0.25, 0.3) is 11.0 Å². The van der Waals surface area contributed by atoms with Crippen molar-refractivity contribution in [2.75, 3.05) is 12.5 Å². The van der Waals surface area contributed by atoms with Crippen LogP contribution in [-0.2, 0) is 11.2 Å². The minimum absolute atomic E-state index is 0.227. The number of imidazole rings is 1. The van der Waals surface area contributed by atoms with Crippen LogP contribution in [0.1, 0.15) is 25.2 Å². The molecule has 2 atom stereocenters. The molecule has 0 saturated carbocycles. The number of aromatic nitrogens is 2. The highest BCUT2D eigenvalue weighted by atomic mass is 79.9. The summed E-state index contributed by atoms with van der Waals surface area (Å²) < 4.78 is 9.10. The molecule has 0 aliphatic carbocycles. The number of rotatable bonds is 3. The monoisotopic (exact) mass is 342 g/mol. The summed E-state index contributed by atoms with van der Waals surface area (Å²) in [4.78, 5) is 4.72. The number of fused-ring (bicyclic) bond motifs is 1. The molecule has 19 heavy (non-hydrogen) atoms. The van der Waals surface area contributed by atoms with Gasteiger partial charge in [-0.2, -0.15) is 0 Å². The van der Waals surface area contributed by atoms with Gasteiger partial charge in [0.2, 0.25) is 0 Å². The largest absolute Gasteiger partial charge is 0.376 e. The topological polar surface area (TPSA) is 27.1 Å². The van der Waals surface area contributed by atoms with E-state index in [4.69, 9.17) is 21.3 Å². The lowest BCUT2D eigenvalue weighted by Gasteiger charge is -2.19. The second kappa shape index (κ2) is 5.43. The Kier molecular flexibility index (Phi) is 3.83. The maximum Gasteiger partial charge on any atom is 0.111 e. The highest BCUT2D eigenvalue weighted by molar-refractivity contribution is 9.10. The molecule has 0 N–H and O–H groups in total. The van der Waals surface area contributed by atoms with Crippen molar-refractivity contribution >= 4 is 38.6 Å². The van der Waals surface area contributed by atoms with Crippen LogP contribution in [0.15, 0.2) is 22.7 Å². The molecule has 5 heteroatoms. The molecule has 0 bridgehead atoms. The van der Waals surface area contributed by atoms with Crippen molar-refractivity contribution in [3.05, 3.63) is 28.5 Å². The van der Waals surface area contributed by atoms with Gasteiger partial charge in [-0.25, -0.2) is 4.98 Å². The van der Waals surface area contributed by atoms with Crippen LogP contribution >= 0.6 is 27.5 Å². The molecule has 0 spiro atoms. The summed E-state index contributed by atoms with van der Waals surface area (Å²) in [6.07, 6.45) is 2.05. The van der Waals surface area contributed by atoms with Gasteiger partial charge in [-0.3, -0.25) is 0 Å². The molecular formula is C14H16BrClN2O. The number of nitrogens with zero attached hydrogens (tertiary/aromatic N) is 2. The van der Waals surface area contributed by atoms with Crippen molar-refractivity contribution in [1.29, 1.82) is 0 Å². The quantitative estimate of drug-likeness (QED) is 0.790. The highest BCUT2D eigenvalue weighted by Gasteiger charge is 2.29. The van der Waals surface area contributed by atoms with E-state index in [1.54, 1.807) is 0 Å². The fraction of sp³-hybridized carbons (Fsp3) is 0.500.